The predicted octanol–water partition coefficient (Wildman–Crippen LogP) is 3.54. The molecule has 5 nitrogen and oxygen atoms in total. The van der Waals surface area contributed by atoms with Gasteiger partial charge in [0.05, 0.1) is 12.4 Å². The van der Waals surface area contributed by atoms with Crippen LogP contribution >= 0.6 is 0 Å². The number of aliphatic hydroxyl groups is 1. The zero-order chi connectivity index (χ0) is 19.6. The third kappa shape index (κ3) is 3.98. The Labute approximate surface area is 160 Å². The second kappa shape index (κ2) is 7.68. The Morgan fingerprint density at radius 1 is 0.963 bits per heavy atom. The average Bonchev–Trinajstić information content (AvgIpc) is 2.99. The van der Waals surface area contributed by atoms with Crippen molar-refractivity contribution in [3.8, 4) is 22.4 Å². The average molecular weight is 385 g/mol. The van der Waals surface area contributed by atoms with E-state index < -0.39 is 10.0 Å². The molecule has 0 atom stereocenters. The highest BCUT2D eigenvalue weighted by Crippen LogP contribution is 2.35. The van der Waals surface area contributed by atoms with Crippen LogP contribution in [0.25, 0.3) is 22.4 Å². The summed E-state index contributed by atoms with van der Waals surface area (Å²) in [6.07, 6.45) is 0. The maximum Gasteiger partial charge on any atom is 0.217 e. The summed E-state index contributed by atoms with van der Waals surface area (Å²) in [4.78, 5) is 3.33. The standard InChI is InChI=1S/C21H24N2O3S/c1-15-20(19(13-24)22-21(15)18-7-5-4-6-8-18)17-11-9-16(10-12-17)14-27(25,26)23(2)3/h4-12,22,24H,13-14H2,1-3H3. The fraction of sp³-hybridized carbons (Fsp3) is 0.238. The summed E-state index contributed by atoms with van der Waals surface area (Å²) in [5.41, 5.74) is 6.48. The van der Waals surface area contributed by atoms with Gasteiger partial charge >= 0.3 is 0 Å². The monoisotopic (exact) mass is 384 g/mol. The second-order valence-electron chi connectivity index (χ2n) is 6.74. The molecule has 3 rings (SSSR count). The summed E-state index contributed by atoms with van der Waals surface area (Å²) >= 11 is 0. The van der Waals surface area contributed by atoms with Crippen molar-refractivity contribution in [1.29, 1.82) is 0 Å². The van der Waals surface area contributed by atoms with Crippen LogP contribution in [0.3, 0.4) is 0 Å². The van der Waals surface area contributed by atoms with Crippen molar-refractivity contribution in [2.45, 2.75) is 19.3 Å². The van der Waals surface area contributed by atoms with E-state index in [1.165, 1.54) is 18.4 Å². The molecule has 0 unspecified atom stereocenters. The molecular formula is C21H24N2O3S. The Morgan fingerprint density at radius 3 is 2.15 bits per heavy atom. The smallest absolute Gasteiger partial charge is 0.217 e. The lowest BCUT2D eigenvalue weighted by atomic mass is 9.98. The molecule has 0 fully saturated rings. The summed E-state index contributed by atoms with van der Waals surface area (Å²) in [6.45, 7) is 1.93. The maximum absolute atomic E-state index is 12.1. The van der Waals surface area contributed by atoms with E-state index in [1.54, 1.807) is 0 Å². The van der Waals surface area contributed by atoms with Crippen molar-refractivity contribution in [3.63, 3.8) is 0 Å². The van der Waals surface area contributed by atoms with Crippen LogP contribution in [0.15, 0.2) is 54.6 Å². The van der Waals surface area contributed by atoms with E-state index in [9.17, 15) is 13.5 Å². The number of sulfonamides is 1. The lowest BCUT2D eigenvalue weighted by Gasteiger charge is -2.12. The Hall–Kier alpha value is -2.41. The van der Waals surface area contributed by atoms with Crippen LogP contribution in [0.1, 0.15) is 16.8 Å². The van der Waals surface area contributed by atoms with Gasteiger partial charge in [0.25, 0.3) is 0 Å². The van der Waals surface area contributed by atoms with Crippen LogP contribution in [-0.2, 0) is 22.4 Å². The molecule has 0 saturated heterocycles. The number of aliphatic hydroxyl groups excluding tert-OH is 1. The quantitative estimate of drug-likeness (QED) is 0.683. The molecule has 0 bridgehead atoms. The molecule has 0 saturated carbocycles. The number of hydrogen-bond acceptors (Lipinski definition) is 3. The first kappa shape index (κ1) is 19.4. The third-order valence-corrected chi connectivity index (χ3v) is 6.51. The Balaban J connectivity index is 1.98. The van der Waals surface area contributed by atoms with Gasteiger partial charge in [-0.25, -0.2) is 12.7 Å². The lowest BCUT2D eigenvalue weighted by Crippen LogP contribution is -2.23. The second-order valence-corrected chi connectivity index (χ2v) is 8.92. The van der Waals surface area contributed by atoms with Gasteiger partial charge in [-0.15, -0.1) is 0 Å². The highest BCUT2D eigenvalue weighted by atomic mass is 32.2. The molecule has 2 aromatic carbocycles. The van der Waals surface area contributed by atoms with E-state index in [4.69, 9.17) is 0 Å². The minimum absolute atomic E-state index is 0.0332. The molecule has 0 radical (unpaired) electrons. The third-order valence-electron chi connectivity index (χ3n) is 4.70. The van der Waals surface area contributed by atoms with E-state index >= 15 is 0 Å². The number of nitrogens with zero attached hydrogens (tertiary/aromatic N) is 1. The Bertz CT molecular complexity index is 1020. The molecule has 1 heterocycles. The first-order valence-electron chi connectivity index (χ1n) is 8.70. The van der Waals surface area contributed by atoms with E-state index in [1.807, 2.05) is 61.5 Å². The van der Waals surface area contributed by atoms with Gasteiger partial charge < -0.3 is 10.1 Å². The molecule has 142 valence electrons. The van der Waals surface area contributed by atoms with Crippen molar-refractivity contribution in [2.75, 3.05) is 14.1 Å². The number of aromatic amines is 1. The zero-order valence-electron chi connectivity index (χ0n) is 15.7. The molecule has 0 aliphatic carbocycles. The van der Waals surface area contributed by atoms with Crippen molar-refractivity contribution in [2.24, 2.45) is 0 Å². The largest absolute Gasteiger partial charge is 0.390 e. The van der Waals surface area contributed by atoms with Crippen LogP contribution < -0.4 is 0 Å². The van der Waals surface area contributed by atoms with Crippen LogP contribution in [0.2, 0.25) is 0 Å². The topological polar surface area (TPSA) is 73.4 Å². The van der Waals surface area contributed by atoms with Gasteiger partial charge in [0.1, 0.15) is 0 Å². The zero-order valence-corrected chi connectivity index (χ0v) is 16.5. The minimum atomic E-state index is -3.29. The fourth-order valence-electron chi connectivity index (χ4n) is 3.17. The molecule has 0 aliphatic rings. The molecule has 2 N–H and O–H groups in total. The van der Waals surface area contributed by atoms with E-state index in [0.29, 0.717) is 0 Å². The van der Waals surface area contributed by atoms with Crippen LogP contribution in [-0.4, -0.2) is 36.9 Å². The van der Waals surface area contributed by atoms with Crippen molar-refractivity contribution in [1.82, 2.24) is 9.29 Å². The maximum atomic E-state index is 12.1. The molecule has 27 heavy (non-hydrogen) atoms. The van der Waals surface area contributed by atoms with Gasteiger partial charge in [-0.1, -0.05) is 54.6 Å². The summed E-state index contributed by atoms with van der Waals surface area (Å²) in [5, 5.41) is 9.82. The van der Waals surface area contributed by atoms with Crippen molar-refractivity contribution in [3.05, 3.63) is 71.4 Å². The summed E-state index contributed by atoms with van der Waals surface area (Å²) in [5.74, 6) is -0.0332. The number of benzene rings is 2. The van der Waals surface area contributed by atoms with Crippen LogP contribution in [0.4, 0.5) is 0 Å². The molecular weight excluding hydrogens is 360 g/mol. The predicted molar refractivity (Wildman–Crippen MR) is 109 cm³/mol. The number of rotatable bonds is 6. The first-order valence-corrected chi connectivity index (χ1v) is 10.3. The Kier molecular flexibility index (Phi) is 5.51. The highest BCUT2D eigenvalue weighted by Gasteiger charge is 2.18. The molecule has 1 aromatic heterocycles. The highest BCUT2D eigenvalue weighted by molar-refractivity contribution is 7.88. The fourth-order valence-corrected chi connectivity index (χ4v) is 4.04. The van der Waals surface area contributed by atoms with E-state index in [2.05, 4.69) is 4.98 Å². The molecule has 0 amide bonds. The van der Waals surface area contributed by atoms with Crippen molar-refractivity contribution < 1.29 is 13.5 Å². The van der Waals surface area contributed by atoms with Gasteiger partial charge in [0, 0.05) is 31.0 Å². The van der Waals surface area contributed by atoms with E-state index in [0.717, 1.165) is 39.2 Å². The number of H-pyrrole nitrogens is 1. The normalized spacial score (nSPS) is 11.9. The molecule has 0 spiro atoms. The van der Waals surface area contributed by atoms with Gasteiger partial charge in [-0.2, -0.15) is 0 Å². The SMILES string of the molecule is Cc1c(-c2ccccc2)[nH]c(CO)c1-c1ccc(CS(=O)(=O)N(C)C)cc1. The lowest BCUT2D eigenvalue weighted by molar-refractivity contribution is 0.278. The number of nitrogens with one attached hydrogen (secondary N) is 1. The van der Waals surface area contributed by atoms with Gasteiger partial charge in [-0.3, -0.25) is 0 Å². The van der Waals surface area contributed by atoms with Gasteiger partial charge in [0.15, 0.2) is 0 Å². The molecule has 6 heteroatoms. The van der Waals surface area contributed by atoms with E-state index in [-0.39, 0.29) is 12.4 Å². The van der Waals surface area contributed by atoms with Crippen LogP contribution in [0.5, 0.6) is 0 Å². The van der Waals surface area contributed by atoms with Crippen molar-refractivity contribution >= 4 is 10.0 Å². The summed E-state index contributed by atoms with van der Waals surface area (Å²) in [6, 6.07) is 17.4. The number of hydrogen-bond donors (Lipinski definition) is 2. The number of aromatic nitrogens is 1. The minimum Gasteiger partial charge on any atom is -0.390 e. The van der Waals surface area contributed by atoms with Gasteiger partial charge in [-0.05, 0) is 29.2 Å². The Morgan fingerprint density at radius 2 is 1.59 bits per heavy atom. The van der Waals surface area contributed by atoms with Crippen LogP contribution in [0, 0.1) is 6.92 Å². The van der Waals surface area contributed by atoms with Gasteiger partial charge in [0.2, 0.25) is 10.0 Å². The first-order chi connectivity index (χ1) is 12.8. The molecule has 0 aliphatic heterocycles. The summed E-state index contributed by atoms with van der Waals surface area (Å²) in [7, 11) is -0.228. The summed E-state index contributed by atoms with van der Waals surface area (Å²) < 4.78 is 25.3. The molecule has 3 aromatic rings.